The van der Waals surface area contributed by atoms with E-state index in [-0.39, 0.29) is 36.7 Å². The van der Waals surface area contributed by atoms with Crippen molar-refractivity contribution >= 4 is 29.5 Å². The van der Waals surface area contributed by atoms with Gasteiger partial charge in [-0.1, -0.05) is 66.7 Å². The highest BCUT2D eigenvalue weighted by Crippen LogP contribution is 2.40. The number of carboxylic acids is 1. The van der Waals surface area contributed by atoms with E-state index >= 15 is 0 Å². The molecule has 0 spiro atoms. The molecule has 1 fully saturated rings. The molecule has 1 aliphatic rings. The minimum absolute atomic E-state index is 0.0313. The fourth-order valence-electron chi connectivity index (χ4n) is 5.52. The summed E-state index contributed by atoms with van der Waals surface area (Å²) in [5, 5.41) is 30.2. The summed E-state index contributed by atoms with van der Waals surface area (Å²) in [4.78, 5) is 35.6. The summed E-state index contributed by atoms with van der Waals surface area (Å²) in [6, 6.07) is 30.6. The van der Waals surface area contributed by atoms with E-state index < -0.39 is 18.2 Å². The van der Waals surface area contributed by atoms with Crippen molar-refractivity contribution in [1.29, 1.82) is 0 Å². The van der Waals surface area contributed by atoms with Crippen molar-refractivity contribution in [2.75, 3.05) is 5.75 Å². The largest absolute Gasteiger partial charge is 0.478 e. The van der Waals surface area contributed by atoms with E-state index in [1.807, 2.05) is 84.9 Å². The lowest BCUT2D eigenvalue weighted by molar-refractivity contribution is -0.245. The fraction of sp³-hybridized carbons (Fsp3) is 0.289. The number of aliphatic hydroxyl groups excluding tert-OH is 1. The Morgan fingerprint density at radius 3 is 2.14 bits per heavy atom. The van der Waals surface area contributed by atoms with E-state index in [2.05, 4.69) is 5.32 Å². The zero-order valence-corrected chi connectivity index (χ0v) is 27.7. The average Bonchev–Trinajstić information content (AvgIpc) is 3.15. The number of aromatic carboxylic acids is 1. The van der Waals surface area contributed by atoms with E-state index in [4.69, 9.17) is 14.7 Å². The first-order chi connectivity index (χ1) is 23.8. The van der Waals surface area contributed by atoms with E-state index in [9.17, 15) is 24.6 Å². The lowest BCUT2D eigenvalue weighted by Gasteiger charge is -2.36. The number of aliphatic hydroxyl groups is 1. The van der Waals surface area contributed by atoms with Gasteiger partial charge in [0.2, 0.25) is 11.8 Å². The third kappa shape index (κ3) is 10.5. The summed E-state index contributed by atoms with van der Waals surface area (Å²) in [5.41, 5.74) is 7.51. The Labute approximate surface area is 289 Å². The van der Waals surface area contributed by atoms with E-state index in [1.54, 1.807) is 29.4 Å². The van der Waals surface area contributed by atoms with Crippen LogP contribution in [0.25, 0.3) is 11.1 Å². The number of hydrogen-bond donors (Lipinski definition) is 5. The Morgan fingerprint density at radius 1 is 0.776 bits per heavy atom. The molecule has 4 aromatic carbocycles. The highest BCUT2D eigenvalue weighted by atomic mass is 32.2. The van der Waals surface area contributed by atoms with Crippen LogP contribution in [0.5, 0.6) is 0 Å². The second-order valence-corrected chi connectivity index (χ2v) is 12.9. The van der Waals surface area contributed by atoms with Crippen LogP contribution in [0.2, 0.25) is 0 Å². The molecule has 1 aliphatic heterocycles. The maximum atomic E-state index is 12.3. The molecule has 0 radical (unpaired) electrons. The molecule has 1 heterocycles. The number of amides is 2. The van der Waals surface area contributed by atoms with Crippen molar-refractivity contribution in [3.8, 4) is 11.1 Å². The van der Waals surface area contributed by atoms with E-state index in [0.717, 1.165) is 38.3 Å². The van der Waals surface area contributed by atoms with Gasteiger partial charge >= 0.3 is 5.97 Å². The predicted octanol–water partition coefficient (Wildman–Crippen LogP) is 6.56. The number of nitrogens with one attached hydrogen (secondary N) is 2. The quantitative estimate of drug-likeness (QED) is 0.0405. The molecule has 49 heavy (non-hydrogen) atoms. The topological polar surface area (TPSA) is 154 Å². The molecule has 0 saturated carbocycles. The molecular weight excluding hydrogens is 644 g/mol. The standard InChI is InChI=1S/C38H40N2O8S/c41-23-25-8-10-28(11-9-25)34-21-32(24-49-33-18-16-29(17-19-33)37(44)45)47-38(48-34)30-14-12-27(13-15-30)31-5-3-4-26(20-31)22-39-35(42)6-1-2-7-36(43)40-46/h3-5,8-20,32,34,38,41,46H,1-2,6-7,21-24H2,(H,39,42)(H,40,43)(H,44,45). The number of benzene rings is 4. The smallest absolute Gasteiger partial charge is 0.335 e. The van der Waals surface area contributed by atoms with Gasteiger partial charge in [0.15, 0.2) is 6.29 Å². The van der Waals surface area contributed by atoms with E-state index in [1.165, 1.54) is 0 Å². The highest BCUT2D eigenvalue weighted by Gasteiger charge is 2.32. The third-order valence-corrected chi connectivity index (χ3v) is 9.41. The fourth-order valence-corrected chi connectivity index (χ4v) is 6.44. The monoisotopic (exact) mass is 684 g/mol. The predicted molar refractivity (Wildman–Crippen MR) is 185 cm³/mol. The molecule has 1 saturated heterocycles. The summed E-state index contributed by atoms with van der Waals surface area (Å²) in [6.07, 6.45) is 1.22. The lowest BCUT2D eigenvalue weighted by Crippen LogP contribution is -2.31. The number of ether oxygens (including phenoxy) is 2. The number of hydrogen-bond acceptors (Lipinski definition) is 8. The zero-order valence-electron chi connectivity index (χ0n) is 26.9. The maximum Gasteiger partial charge on any atom is 0.335 e. The molecule has 0 aromatic heterocycles. The van der Waals surface area contributed by atoms with Crippen LogP contribution < -0.4 is 10.8 Å². The van der Waals surface area contributed by atoms with Crippen LogP contribution in [0.1, 0.15) is 77.1 Å². The molecule has 10 nitrogen and oxygen atoms in total. The highest BCUT2D eigenvalue weighted by molar-refractivity contribution is 7.99. The maximum absolute atomic E-state index is 12.3. The Hall–Kier alpha value is -4.52. The van der Waals surface area contributed by atoms with Gasteiger partial charge in [-0.15, -0.1) is 11.8 Å². The molecular formula is C38H40N2O8S. The van der Waals surface area contributed by atoms with E-state index in [0.29, 0.717) is 38.0 Å². The molecule has 3 atom stereocenters. The summed E-state index contributed by atoms with van der Waals surface area (Å²) in [6.45, 7) is 0.353. The molecule has 11 heteroatoms. The molecule has 3 unspecified atom stereocenters. The summed E-state index contributed by atoms with van der Waals surface area (Å²) in [5.74, 6) is -0.857. The minimum Gasteiger partial charge on any atom is -0.478 e. The Morgan fingerprint density at radius 2 is 1.47 bits per heavy atom. The van der Waals surface area contributed by atoms with Crippen molar-refractivity contribution in [2.24, 2.45) is 0 Å². The summed E-state index contributed by atoms with van der Waals surface area (Å²) >= 11 is 1.61. The van der Waals surface area contributed by atoms with Crippen LogP contribution in [0.4, 0.5) is 0 Å². The molecule has 0 bridgehead atoms. The number of hydroxylamine groups is 1. The molecule has 2 amide bonds. The third-order valence-electron chi connectivity index (χ3n) is 8.27. The molecule has 256 valence electrons. The van der Waals surface area contributed by atoms with Gasteiger partial charge in [0.05, 0.1) is 24.4 Å². The molecule has 0 aliphatic carbocycles. The van der Waals surface area contributed by atoms with Crippen LogP contribution in [-0.2, 0) is 32.2 Å². The van der Waals surface area contributed by atoms with Crippen LogP contribution in [0, 0.1) is 0 Å². The Bertz CT molecular complexity index is 1700. The first-order valence-corrected chi connectivity index (χ1v) is 17.2. The number of carbonyl (C=O) groups is 3. The van der Waals surface area contributed by atoms with Gasteiger partial charge in [-0.05, 0) is 71.0 Å². The molecule has 5 N–H and O–H groups in total. The first-order valence-electron chi connectivity index (χ1n) is 16.2. The Balaban J connectivity index is 1.23. The number of rotatable bonds is 15. The molecule has 4 aromatic rings. The van der Waals surface area contributed by atoms with Gasteiger partial charge in [-0.25, -0.2) is 10.3 Å². The molecule has 5 rings (SSSR count). The zero-order chi connectivity index (χ0) is 34.6. The van der Waals surface area contributed by atoms with Crippen LogP contribution in [0.15, 0.2) is 102 Å². The first kappa shape index (κ1) is 35.8. The van der Waals surface area contributed by atoms with Gasteiger partial charge in [0.1, 0.15) is 0 Å². The summed E-state index contributed by atoms with van der Waals surface area (Å²) < 4.78 is 13.0. The summed E-state index contributed by atoms with van der Waals surface area (Å²) in [7, 11) is 0. The second kappa shape index (κ2) is 17.8. The van der Waals surface area contributed by atoms with Crippen LogP contribution in [0.3, 0.4) is 0 Å². The van der Waals surface area contributed by atoms with Gasteiger partial charge in [-0.3, -0.25) is 14.8 Å². The van der Waals surface area contributed by atoms with Gasteiger partial charge in [-0.2, -0.15) is 0 Å². The number of carbonyl (C=O) groups excluding carboxylic acids is 2. The minimum atomic E-state index is -0.957. The number of thioether (sulfide) groups is 1. The SMILES string of the molecule is O=C(CCCCC(=O)NCc1cccc(-c2ccc(C3OC(CSc4ccc(C(=O)O)cc4)CC(c4ccc(CO)cc4)O3)cc2)c1)NO. The average molecular weight is 685 g/mol. The Kier molecular flexibility index (Phi) is 13.0. The van der Waals surface area contributed by atoms with Crippen LogP contribution >= 0.6 is 11.8 Å². The van der Waals surface area contributed by atoms with Crippen molar-refractivity contribution in [1.82, 2.24) is 10.8 Å². The van der Waals surface area contributed by atoms with Gasteiger partial charge in [0.25, 0.3) is 0 Å². The normalized spacial score (nSPS) is 17.3. The van der Waals surface area contributed by atoms with Crippen molar-refractivity contribution < 1.29 is 39.3 Å². The van der Waals surface area contributed by atoms with Crippen molar-refractivity contribution in [3.05, 3.63) is 125 Å². The van der Waals surface area contributed by atoms with Gasteiger partial charge < -0.3 is 25.0 Å². The van der Waals surface area contributed by atoms with Crippen LogP contribution in [-0.4, -0.2) is 45.1 Å². The number of carboxylic acid groups (broad SMARTS) is 1. The lowest BCUT2D eigenvalue weighted by atomic mass is 9.99. The van der Waals surface area contributed by atoms with Crippen molar-refractivity contribution in [2.45, 2.75) is 68.6 Å². The van der Waals surface area contributed by atoms with Crippen molar-refractivity contribution in [3.63, 3.8) is 0 Å². The van der Waals surface area contributed by atoms with Gasteiger partial charge in [0, 0.05) is 42.0 Å². The number of unbranched alkanes of at least 4 members (excludes halogenated alkanes) is 1. The second-order valence-electron chi connectivity index (χ2n) is 11.8.